The molecule has 0 N–H and O–H groups in total. The number of hydrogen-bond acceptors (Lipinski definition) is 6. The van der Waals surface area contributed by atoms with Crippen LogP contribution in [0.25, 0.3) is 11.0 Å². The van der Waals surface area contributed by atoms with E-state index in [4.69, 9.17) is 0 Å². The second kappa shape index (κ2) is 6.45. The molecule has 0 radical (unpaired) electrons. The highest BCUT2D eigenvalue weighted by Crippen LogP contribution is 2.55. The lowest BCUT2D eigenvalue weighted by atomic mass is 9.54. The molecule has 0 spiro atoms. The zero-order valence-corrected chi connectivity index (χ0v) is 17.5. The van der Waals surface area contributed by atoms with Gasteiger partial charge >= 0.3 is 0 Å². The number of fused-ring (bicyclic) bond motifs is 1. The zero-order chi connectivity index (χ0) is 18.9. The van der Waals surface area contributed by atoms with Gasteiger partial charge < -0.3 is 0 Å². The highest BCUT2D eigenvalue weighted by atomic mass is 32.2. The van der Waals surface area contributed by atoms with Gasteiger partial charge in [-0.1, -0.05) is 6.07 Å². The van der Waals surface area contributed by atoms with Crippen LogP contribution in [0.15, 0.2) is 23.1 Å². The molecular formula is C20H26N4O2S2. The quantitative estimate of drug-likeness (QED) is 0.767. The molecule has 5 fully saturated rings. The monoisotopic (exact) mass is 418 g/mol. The number of piperazine rings is 1. The molecule has 4 bridgehead atoms. The Morgan fingerprint density at radius 3 is 2.25 bits per heavy atom. The number of rotatable bonds is 3. The molecule has 1 aromatic heterocycles. The van der Waals surface area contributed by atoms with Crippen molar-refractivity contribution in [3.8, 4) is 0 Å². The van der Waals surface area contributed by atoms with Crippen molar-refractivity contribution >= 4 is 32.8 Å². The van der Waals surface area contributed by atoms with Crippen LogP contribution in [0.1, 0.15) is 32.1 Å². The van der Waals surface area contributed by atoms with Gasteiger partial charge in [-0.3, -0.25) is 4.90 Å². The Morgan fingerprint density at radius 1 is 0.893 bits per heavy atom. The average molecular weight is 419 g/mol. The van der Waals surface area contributed by atoms with Gasteiger partial charge in [0.15, 0.2) is 0 Å². The van der Waals surface area contributed by atoms with E-state index in [9.17, 15) is 8.42 Å². The van der Waals surface area contributed by atoms with Crippen LogP contribution < -0.4 is 0 Å². The van der Waals surface area contributed by atoms with E-state index >= 15 is 0 Å². The van der Waals surface area contributed by atoms with Gasteiger partial charge in [0.25, 0.3) is 0 Å². The summed E-state index contributed by atoms with van der Waals surface area (Å²) in [5, 5.41) is 0. The Bertz CT molecular complexity index is 969. The molecule has 150 valence electrons. The van der Waals surface area contributed by atoms with Crippen LogP contribution in [-0.2, 0) is 10.0 Å². The summed E-state index contributed by atoms with van der Waals surface area (Å²) in [7, 11) is -3.52. The van der Waals surface area contributed by atoms with Gasteiger partial charge in [0.2, 0.25) is 10.0 Å². The lowest BCUT2D eigenvalue weighted by Crippen LogP contribution is -2.60. The highest BCUT2D eigenvalue weighted by Gasteiger charge is 2.50. The van der Waals surface area contributed by atoms with Gasteiger partial charge in [-0.2, -0.15) is 13.1 Å². The molecule has 5 aliphatic rings. The van der Waals surface area contributed by atoms with Gasteiger partial charge in [0.05, 0.1) is 11.7 Å². The predicted molar refractivity (Wildman–Crippen MR) is 109 cm³/mol. The molecule has 4 aliphatic carbocycles. The zero-order valence-electron chi connectivity index (χ0n) is 15.9. The standard InChI is InChI=1S/C20H26N4O2S2/c25-28(26,18-3-1-2-17-19(18)22-27-21-17)24-6-4-23(5-7-24)20-15-9-13-8-14(11-15)12-16(20)10-13/h1-3,13-16,20H,4-12H2. The lowest BCUT2D eigenvalue weighted by molar-refractivity contribution is -0.0720. The molecule has 28 heavy (non-hydrogen) atoms. The fourth-order valence-electron chi connectivity index (χ4n) is 6.86. The Balaban J connectivity index is 1.20. The molecule has 6 nitrogen and oxygen atoms in total. The van der Waals surface area contributed by atoms with E-state index in [1.807, 2.05) is 6.07 Å². The van der Waals surface area contributed by atoms with Crippen LogP contribution in [0.5, 0.6) is 0 Å². The Hall–Kier alpha value is -1.09. The van der Waals surface area contributed by atoms with Crippen molar-refractivity contribution in [2.75, 3.05) is 26.2 Å². The summed E-state index contributed by atoms with van der Waals surface area (Å²) in [4.78, 5) is 2.94. The molecule has 7 rings (SSSR count). The van der Waals surface area contributed by atoms with E-state index in [2.05, 4.69) is 13.6 Å². The van der Waals surface area contributed by atoms with E-state index in [0.29, 0.717) is 35.1 Å². The maximum atomic E-state index is 13.3. The van der Waals surface area contributed by atoms with Crippen molar-refractivity contribution in [2.24, 2.45) is 23.7 Å². The smallest absolute Gasteiger partial charge is 0.245 e. The largest absolute Gasteiger partial charge is 0.297 e. The maximum Gasteiger partial charge on any atom is 0.245 e. The first-order valence-corrected chi connectivity index (χ1v) is 12.7. The summed E-state index contributed by atoms with van der Waals surface area (Å²) >= 11 is 1.07. The minimum absolute atomic E-state index is 0.307. The lowest BCUT2D eigenvalue weighted by Gasteiger charge is -2.58. The van der Waals surface area contributed by atoms with Crippen LogP contribution in [0.3, 0.4) is 0 Å². The van der Waals surface area contributed by atoms with Crippen molar-refractivity contribution in [1.29, 1.82) is 0 Å². The summed E-state index contributed by atoms with van der Waals surface area (Å²) in [6.45, 7) is 2.88. The molecule has 1 aromatic carbocycles. The molecule has 0 atom stereocenters. The van der Waals surface area contributed by atoms with Gasteiger partial charge in [-0.15, -0.1) is 0 Å². The molecule has 0 unspecified atom stereocenters. The SMILES string of the molecule is O=S(=O)(c1cccc2nsnc12)N1CCN(C2C3CC4CC(C3)CC2C4)CC1. The van der Waals surface area contributed by atoms with E-state index in [0.717, 1.165) is 48.5 Å². The van der Waals surface area contributed by atoms with Crippen LogP contribution in [-0.4, -0.2) is 58.6 Å². The van der Waals surface area contributed by atoms with Gasteiger partial charge in [0.1, 0.15) is 15.9 Å². The van der Waals surface area contributed by atoms with Crippen LogP contribution in [0.2, 0.25) is 0 Å². The third kappa shape index (κ3) is 2.68. The Kier molecular flexibility index (Phi) is 4.09. The number of hydrogen-bond donors (Lipinski definition) is 0. The molecule has 2 aromatic rings. The highest BCUT2D eigenvalue weighted by molar-refractivity contribution is 7.89. The van der Waals surface area contributed by atoms with Gasteiger partial charge in [-0.25, -0.2) is 8.42 Å². The fraction of sp³-hybridized carbons (Fsp3) is 0.700. The van der Waals surface area contributed by atoms with Crippen molar-refractivity contribution in [3.05, 3.63) is 18.2 Å². The summed E-state index contributed by atoms with van der Waals surface area (Å²) in [5.41, 5.74) is 1.18. The Morgan fingerprint density at radius 2 is 1.57 bits per heavy atom. The van der Waals surface area contributed by atoms with Gasteiger partial charge in [0, 0.05) is 32.2 Å². The third-order valence-corrected chi connectivity index (χ3v) is 10.2. The van der Waals surface area contributed by atoms with Crippen molar-refractivity contribution in [3.63, 3.8) is 0 Å². The van der Waals surface area contributed by atoms with E-state index in [1.54, 1.807) is 16.4 Å². The minimum Gasteiger partial charge on any atom is -0.297 e. The third-order valence-electron chi connectivity index (χ3n) is 7.74. The second-order valence-corrected chi connectivity index (χ2v) is 11.7. The first-order valence-electron chi connectivity index (χ1n) is 10.5. The topological polar surface area (TPSA) is 66.4 Å². The number of sulfonamides is 1. The first-order chi connectivity index (χ1) is 13.6. The number of benzene rings is 1. The van der Waals surface area contributed by atoms with Crippen LogP contribution >= 0.6 is 11.7 Å². The van der Waals surface area contributed by atoms with Crippen molar-refractivity contribution in [1.82, 2.24) is 18.0 Å². The van der Waals surface area contributed by atoms with Crippen molar-refractivity contribution in [2.45, 2.75) is 43.0 Å². The number of aromatic nitrogens is 2. The van der Waals surface area contributed by atoms with E-state index in [1.165, 1.54) is 32.1 Å². The molecule has 2 heterocycles. The van der Waals surface area contributed by atoms with Gasteiger partial charge in [-0.05, 0) is 67.9 Å². The normalized spacial score (nSPS) is 36.4. The van der Waals surface area contributed by atoms with E-state index in [-0.39, 0.29) is 0 Å². The first kappa shape index (κ1) is 17.7. The summed E-state index contributed by atoms with van der Waals surface area (Å²) in [6.07, 6.45) is 7.12. The molecule has 8 heteroatoms. The molecule has 0 amide bonds. The number of nitrogens with zero attached hydrogens (tertiary/aromatic N) is 4. The Labute approximate surface area is 170 Å². The van der Waals surface area contributed by atoms with Crippen LogP contribution in [0, 0.1) is 23.7 Å². The summed E-state index contributed by atoms with van der Waals surface area (Å²) in [5.74, 6) is 3.67. The second-order valence-electron chi connectivity index (χ2n) is 9.25. The average Bonchev–Trinajstić information content (AvgIpc) is 3.16. The molecular weight excluding hydrogens is 392 g/mol. The molecule has 1 aliphatic heterocycles. The molecule has 4 saturated carbocycles. The van der Waals surface area contributed by atoms with Crippen LogP contribution in [0.4, 0.5) is 0 Å². The van der Waals surface area contributed by atoms with Crippen molar-refractivity contribution < 1.29 is 8.42 Å². The maximum absolute atomic E-state index is 13.3. The minimum atomic E-state index is -3.52. The summed E-state index contributed by atoms with van der Waals surface area (Å²) < 4.78 is 36.6. The predicted octanol–water partition coefficient (Wildman–Crippen LogP) is 2.82. The summed E-state index contributed by atoms with van der Waals surface area (Å²) in [6, 6.07) is 5.95. The molecule has 1 saturated heterocycles. The van der Waals surface area contributed by atoms with E-state index < -0.39 is 10.0 Å². The fourth-order valence-corrected chi connectivity index (χ4v) is 9.04.